The Balaban J connectivity index is 0.00000722. The van der Waals surface area contributed by atoms with Gasteiger partial charge in [0.05, 0.1) is 7.11 Å². The summed E-state index contributed by atoms with van der Waals surface area (Å²) < 4.78 is 10.2. The summed E-state index contributed by atoms with van der Waals surface area (Å²) in [5.41, 5.74) is -0.442. The molecule has 0 aliphatic carbocycles. The number of benzene rings is 1. The number of esters is 1. The van der Waals surface area contributed by atoms with E-state index in [4.69, 9.17) is 9.47 Å². The van der Waals surface area contributed by atoms with Gasteiger partial charge in [0.1, 0.15) is 23.2 Å². The second-order valence-electron chi connectivity index (χ2n) is 11.1. The van der Waals surface area contributed by atoms with E-state index in [-0.39, 0.29) is 17.8 Å². The zero-order valence-electron chi connectivity index (χ0n) is 23.5. The number of carbonyl (C=O) groups excluding carboxylic acids is 4. The molecule has 0 unspecified atom stereocenters. The lowest BCUT2D eigenvalue weighted by atomic mass is 9.98. The maximum atomic E-state index is 13.4. The molecule has 1 aromatic heterocycles. The maximum Gasteiger partial charge on any atom is 0.408 e. The molecule has 1 aromatic carbocycles. The molecule has 0 spiro atoms. The molecule has 0 saturated heterocycles. The molecule has 11 nitrogen and oxygen atoms in total. The van der Waals surface area contributed by atoms with Gasteiger partial charge in [-0.1, -0.05) is 32.0 Å². The molecular weight excluding hydrogens is 492 g/mol. The maximum absolute atomic E-state index is 13.4. The largest absolute Gasteiger partial charge is 0.467 e. The molecule has 0 bridgehead atoms. The Bertz CT molecular complexity index is 1120. The van der Waals surface area contributed by atoms with E-state index in [9.17, 15) is 19.2 Å². The Morgan fingerprint density at radius 2 is 1.61 bits per heavy atom. The van der Waals surface area contributed by atoms with Gasteiger partial charge >= 0.3 is 12.1 Å². The number of aromatic amines is 1. The highest BCUT2D eigenvalue weighted by molar-refractivity contribution is 5.95. The molecule has 2 aromatic rings. The van der Waals surface area contributed by atoms with E-state index in [0.717, 1.165) is 16.5 Å². The number of H-pyrrole nitrogens is 1. The van der Waals surface area contributed by atoms with Gasteiger partial charge in [0.25, 0.3) is 0 Å². The van der Waals surface area contributed by atoms with Gasteiger partial charge in [-0.2, -0.15) is 0 Å². The number of ether oxygens (including phenoxy) is 2. The van der Waals surface area contributed by atoms with Crippen LogP contribution in [-0.4, -0.2) is 64.7 Å². The number of alkyl carbamates (subject to hydrolysis) is 1. The minimum Gasteiger partial charge on any atom is -0.467 e. The molecule has 0 aliphatic heterocycles. The molecular formula is C27H42N4O7. The summed E-state index contributed by atoms with van der Waals surface area (Å²) in [5.74, 6) is -1.57. The average Bonchev–Trinajstić information content (AvgIpc) is 3.18. The first-order valence-electron chi connectivity index (χ1n) is 12.4. The van der Waals surface area contributed by atoms with Crippen molar-refractivity contribution in [3.63, 3.8) is 0 Å². The summed E-state index contributed by atoms with van der Waals surface area (Å²) in [6.45, 7) is 12.1. The van der Waals surface area contributed by atoms with Gasteiger partial charge in [0.15, 0.2) is 0 Å². The van der Waals surface area contributed by atoms with Crippen LogP contribution in [0.15, 0.2) is 30.5 Å². The van der Waals surface area contributed by atoms with Crippen molar-refractivity contribution in [2.24, 2.45) is 5.92 Å². The van der Waals surface area contributed by atoms with Crippen molar-refractivity contribution >= 4 is 34.8 Å². The number of methoxy groups -OCH3 is 1. The second-order valence-corrected chi connectivity index (χ2v) is 11.1. The van der Waals surface area contributed by atoms with E-state index >= 15 is 0 Å². The quantitative estimate of drug-likeness (QED) is 0.341. The van der Waals surface area contributed by atoms with Crippen molar-refractivity contribution in [1.82, 2.24) is 20.9 Å². The fraction of sp³-hybridized carbons (Fsp3) is 0.556. The van der Waals surface area contributed by atoms with Crippen LogP contribution in [0.1, 0.15) is 60.5 Å². The van der Waals surface area contributed by atoms with Gasteiger partial charge < -0.3 is 35.9 Å². The normalized spacial score (nSPS) is 13.2. The van der Waals surface area contributed by atoms with E-state index in [2.05, 4.69) is 20.9 Å². The first-order chi connectivity index (χ1) is 17.1. The van der Waals surface area contributed by atoms with Gasteiger partial charge in [0, 0.05) is 23.5 Å². The summed E-state index contributed by atoms with van der Waals surface area (Å²) in [7, 11) is 1.26. The van der Waals surface area contributed by atoms with Crippen LogP contribution in [0, 0.1) is 5.92 Å². The third-order valence-electron chi connectivity index (χ3n) is 5.61. The van der Waals surface area contributed by atoms with Crippen molar-refractivity contribution < 1.29 is 34.1 Å². The molecule has 38 heavy (non-hydrogen) atoms. The molecule has 6 N–H and O–H groups in total. The minimum atomic E-state index is -1.39. The van der Waals surface area contributed by atoms with E-state index < -0.39 is 47.1 Å². The Morgan fingerprint density at radius 3 is 2.18 bits per heavy atom. The van der Waals surface area contributed by atoms with Crippen molar-refractivity contribution in [3.05, 3.63) is 36.0 Å². The molecule has 0 fully saturated rings. The number of nitrogens with one attached hydrogen (secondary N) is 4. The molecule has 0 aliphatic rings. The molecule has 11 heteroatoms. The standard InChI is InChI=1S/C27H40N4O6.H2O/c1-16(2)13-21(23(33)36-8)29-24(34)27(6,7)31-22(32)20(30-25(35)37-26(3,4)5)14-17-15-28-19-12-10-9-11-18(17)19;/h9-12,15-16,20-21,28H,13-14H2,1-8H3,(H,29,34)(H,30,35)(H,31,32);1H2/t20-,21-;/m0./s1. The lowest BCUT2D eigenvalue weighted by Crippen LogP contribution is -2.61. The van der Waals surface area contributed by atoms with Gasteiger partial charge in [-0.05, 0) is 58.6 Å². The highest BCUT2D eigenvalue weighted by atomic mass is 16.6. The van der Waals surface area contributed by atoms with Crippen LogP contribution in [0.4, 0.5) is 4.79 Å². The van der Waals surface area contributed by atoms with Crippen LogP contribution in [-0.2, 0) is 30.3 Å². The average molecular weight is 535 g/mol. The Morgan fingerprint density at radius 1 is 0.974 bits per heavy atom. The summed E-state index contributed by atoms with van der Waals surface area (Å²) in [6, 6.07) is 5.73. The minimum absolute atomic E-state index is 0. The number of carbonyl (C=O) groups is 4. The van der Waals surface area contributed by atoms with E-state index in [1.165, 1.54) is 21.0 Å². The van der Waals surface area contributed by atoms with Crippen LogP contribution >= 0.6 is 0 Å². The van der Waals surface area contributed by atoms with Crippen LogP contribution in [0.5, 0.6) is 0 Å². The highest BCUT2D eigenvalue weighted by Crippen LogP contribution is 2.20. The second kappa shape index (κ2) is 13.3. The fourth-order valence-corrected chi connectivity index (χ4v) is 3.80. The summed E-state index contributed by atoms with van der Waals surface area (Å²) >= 11 is 0. The van der Waals surface area contributed by atoms with Crippen molar-refractivity contribution in [3.8, 4) is 0 Å². The summed E-state index contributed by atoms with van der Waals surface area (Å²) in [5, 5.41) is 8.95. The monoisotopic (exact) mass is 534 g/mol. The third-order valence-corrected chi connectivity index (χ3v) is 5.61. The Labute approximate surface area is 223 Å². The number of hydrogen-bond donors (Lipinski definition) is 4. The van der Waals surface area contributed by atoms with Crippen molar-refractivity contribution in [2.45, 2.75) is 84.5 Å². The number of rotatable bonds is 10. The zero-order chi connectivity index (χ0) is 28.0. The number of fused-ring (bicyclic) bond motifs is 1. The Kier molecular flexibility index (Phi) is 11.3. The predicted octanol–water partition coefficient (Wildman–Crippen LogP) is 2.38. The van der Waals surface area contributed by atoms with Crippen LogP contribution in [0.3, 0.4) is 0 Å². The highest BCUT2D eigenvalue weighted by Gasteiger charge is 2.36. The molecule has 0 saturated carbocycles. The first-order valence-corrected chi connectivity index (χ1v) is 12.4. The van der Waals surface area contributed by atoms with E-state index in [1.54, 1.807) is 27.0 Å². The van der Waals surface area contributed by atoms with Gasteiger partial charge in [0.2, 0.25) is 11.8 Å². The van der Waals surface area contributed by atoms with Crippen LogP contribution in [0.25, 0.3) is 10.9 Å². The van der Waals surface area contributed by atoms with Gasteiger partial charge in [-0.15, -0.1) is 0 Å². The van der Waals surface area contributed by atoms with Crippen molar-refractivity contribution in [1.29, 1.82) is 0 Å². The summed E-state index contributed by atoms with van der Waals surface area (Å²) in [6.07, 6.45) is 1.57. The SMILES string of the molecule is COC(=O)[C@H](CC(C)C)NC(=O)C(C)(C)NC(=O)[C@H](Cc1c[nH]c2ccccc12)NC(=O)OC(C)(C)C.O. The number of aromatic nitrogens is 1. The molecule has 2 rings (SSSR count). The predicted molar refractivity (Wildman–Crippen MR) is 144 cm³/mol. The third kappa shape index (κ3) is 9.37. The molecule has 1 heterocycles. The number of amides is 3. The van der Waals surface area contributed by atoms with E-state index in [1.807, 2.05) is 38.1 Å². The molecule has 0 radical (unpaired) electrons. The topological polar surface area (TPSA) is 170 Å². The van der Waals surface area contributed by atoms with Crippen LogP contribution in [0.2, 0.25) is 0 Å². The number of para-hydroxylation sites is 1. The zero-order valence-corrected chi connectivity index (χ0v) is 23.5. The van der Waals surface area contributed by atoms with Gasteiger partial charge in [-0.3, -0.25) is 9.59 Å². The fourth-order valence-electron chi connectivity index (χ4n) is 3.80. The Hall–Kier alpha value is -3.60. The van der Waals surface area contributed by atoms with E-state index in [0.29, 0.717) is 6.42 Å². The summed E-state index contributed by atoms with van der Waals surface area (Å²) in [4.78, 5) is 54.4. The molecule has 3 amide bonds. The molecule has 2 atom stereocenters. The lowest BCUT2D eigenvalue weighted by Gasteiger charge is -2.30. The van der Waals surface area contributed by atoms with Crippen molar-refractivity contribution in [2.75, 3.05) is 7.11 Å². The number of hydrogen-bond acceptors (Lipinski definition) is 6. The molecule has 212 valence electrons. The van der Waals surface area contributed by atoms with Gasteiger partial charge in [-0.25, -0.2) is 9.59 Å². The van der Waals surface area contributed by atoms with Crippen LogP contribution < -0.4 is 16.0 Å². The smallest absolute Gasteiger partial charge is 0.408 e. The first kappa shape index (κ1) is 32.4. The lowest BCUT2D eigenvalue weighted by molar-refractivity contribution is -0.146.